The molecule has 1 aliphatic rings. The van der Waals surface area contributed by atoms with Crippen LogP contribution in [0.1, 0.15) is 45.2 Å². The summed E-state index contributed by atoms with van der Waals surface area (Å²) in [5, 5.41) is 3.66. The van der Waals surface area contributed by atoms with E-state index in [-0.39, 0.29) is 5.41 Å². The first-order valence-electron chi connectivity index (χ1n) is 7.93. The van der Waals surface area contributed by atoms with Crippen molar-refractivity contribution in [3.8, 4) is 0 Å². The fourth-order valence-electron chi connectivity index (χ4n) is 3.38. The molecule has 1 heteroatoms. The molecule has 0 bridgehead atoms. The Labute approximate surface area is 130 Å². The maximum atomic E-state index is 4.23. The van der Waals surface area contributed by atoms with Crippen molar-refractivity contribution in [2.24, 2.45) is 11.3 Å². The van der Waals surface area contributed by atoms with Crippen molar-refractivity contribution >= 4 is 0 Å². The first kappa shape index (κ1) is 15.9. The highest BCUT2D eigenvalue weighted by Crippen LogP contribution is 2.32. The van der Waals surface area contributed by atoms with Crippen molar-refractivity contribution < 1.29 is 0 Å². The highest BCUT2D eigenvalue weighted by Gasteiger charge is 2.29. The van der Waals surface area contributed by atoms with E-state index < -0.39 is 0 Å². The third-order valence-corrected chi connectivity index (χ3v) is 4.19. The van der Waals surface area contributed by atoms with Crippen molar-refractivity contribution in [2.75, 3.05) is 0 Å². The van der Waals surface area contributed by atoms with E-state index in [1.165, 1.54) is 16.7 Å². The lowest BCUT2D eigenvalue weighted by atomic mass is 9.88. The smallest absolute Gasteiger partial charge is 0.0499 e. The lowest BCUT2D eigenvalue weighted by Crippen LogP contribution is -2.37. The molecule has 1 aromatic carbocycles. The van der Waals surface area contributed by atoms with Gasteiger partial charge >= 0.3 is 0 Å². The number of nitrogens with one attached hydrogen (secondary N) is 1. The molecule has 0 aromatic heterocycles. The monoisotopic (exact) mass is 283 g/mol. The molecule has 0 heterocycles. The normalized spacial score (nSPS) is 16.4. The average Bonchev–Trinajstić information content (AvgIpc) is 2.76. The first-order chi connectivity index (χ1) is 9.76. The minimum Gasteiger partial charge on any atom is -0.382 e. The summed E-state index contributed by atoms with van der Waals surface area (Å²) in [6.07, 6.45) is 3.28. The van der Waals surface area contributed by atoms with Gasteiger partial charge in [-0.05, 0) is 48.6 Å². The van der Waals surface area contributed by atoms with E-state index >= 15 is 0 Å². The zero-order valence-electron chi connectivity index (χ0n) is 14.0. The van der Waals surface area contributed by atoms with E-state index in [4.69, 9.17) is 0 Å². The molecule has 114 valence electrons. The fraction of sp³-hybridized carbons (Fsp3) is 0.500. The van der Waals surface area contributed by atoms with Gasteiger partial charge in [-0.25, -0.2) is 0 Å². The van der Waals surface area contributed by atoms with Gasteiger partial charge in [-0.3, -0.25) is 0 Å². The number of benzene rings is 1. The molecule has 0 saturated carbocycles. The molecule has 1 atom stereocenters. The van der Waals surface area contributed by atoms with Gasteiger partial charge in [0.05, 0.1) is 0 Å². The average molecular weight is 283 g/mol. The van der Waals surface area contributed by atoms with Crippen LogP contribution in [0.25, 0.3) is 0 Å². The highest BCUT2D eigenvalue weighted by atomic mass is 14.9. The van der Waals surface area contributed by atoms with Gasteiger partial charge in [-0.1, -0.05) is 63.8 Å². The van der Waals surface area contributed by atoms with Gasteiger partial charge in [0.1, 0.15) is 0 Å². The molecule has 1 N–H and O–H groups in total. The Morgan fingerprint density at radius 2 is 1.71 bits per heavy atom. The van der Waals surface area contributed by atoms with Crippen LogP contribution >= 0.6 is 0 Å². The number of hydrogen-bond acceptors (Lipinski definition) is 1. The van der Waals surface area contributed by atoms with E-state index in [0.29, 0.717) is 12.0 Å². The third kappa shape index (κ3) is 4.23. The van der Waals surface area contributed by atoms with Crippen molar-refractivity contribution in [3.63, 3.8) is 0 Å². The van der Waals surface area contributed by atoms with Crippen molar-refractivity contribution in [2.45, 2.75) is 53.0 Å². The molecule has 0 radical (unpaired) electrons. The molecule has 2 rings (SSSR count). The highest BCUT2D eigenvalue weighted by molar-refractivity contribution is 5.34. The fourth-order valence-corrected chi connectivity index (χ4v) is 3.38. The standard InChI is InChI=1S/C20H29N/c1-14(2)19(21-15(3)13-20(4,5)6)18-11-16-9-7-8-10-17(16)12-18/h7-10,18-19,21H,1,3,11-13H2,2,4-6H3. The lowest BCUT2D eigenvalue weighted by Gasteiger charge is -2.29. The Balaban J connectivity index is 2.05. The second-order valence-corrected chi connectivity index (χ2v) is 7.75. The summed E-state index contributed by atoms with van der Waals surface area (Å²) in [7, 11) is 0. The Morgan fingerprint density at radius 1 is 1.19 bits per heavy atom. The zero-order chi connectivity index (χ0) is 15.6. The number of fused-ring (bicyclic) bond motifs is 1. The third-order valence-electron chi connectivity index (χ3n) is 4.19. The van der Waals surface area contributed by atoms with Gasteiger partial charge in [0.25, 0.3) is 0 Å². The lowest BCUT2D eigenvalue weighted by molar-refractivity contribution is 0.371. The van der Waals surface area contributed by atoms with E-state index in [2.05, 4.69) is 70.4 Å². The van der Waals surface area contributed by atoms with Crippen LogP contribution < -0.4 is 5.32 Å². The van der Waals surface area contributed by atoms with Crippen molar-refractivity contribution in [1.29, 1.82) is 0 Å². The first-order valence-corrected chi connectivity index (χ1v) is 7.93. The predicted molar refractivity (Wildman–Crippen MR) is 92.3 cm³/mol. The predicted octanol–water partition coefficient (Wildman–Crippen LogP) is 4.89. The number of allylic oxidation sites excluding steroid dienone is 1. The van der Waals surface area contributed by atoms with Crippen LogP contribution in [0.5, 0.6) is 0 Å². The summed E-state index contributed by atoms with van der Waals surface area (Å²) in [6.45, 7) is 17.3. The number of hydrogen-bond donors (Lipinski definition) is 1. The summed E-state index contributed by atoms with van der Waals surface area (Å²) < 4.78 is 0. The molecule has 0 aliphatic heterocycles. The quantitative estimate of drug-likeness (QED) is 0.759. The molecule has 1 unspecified atom stereocenters. The molecule has 21 heavy (non-hydrogen) atoms. The summed E-state index contributed by atoms with van der Waals surface area (Å²) in [6, 6.07) is 9.13. The molecule has 0 saturated heterocycles. The summed E-state index contributed by atoms with van der Waals surface area (Å²) in [5.74, 6) is 0.594. The summed E-state index contributed by atoms with van der Waals surface area (Å²) in [5.41, 5.74) is 5.60. The summed E-state index contributed by atoms with van der Waals surface area (Å²) >= 11 is 0. The van der Waals surface area contributed by atoms with Gasteiger partial charge in [-0.15, -0.1) is 0 Å². The Bertz CT molecular complexity index is 508. The van der Waals surface area contributed by atoms with Crippen LogP contribution in [0, 0.1) is 11.3 Å². The SMILES string of the molecule is C=C(CC(C)(C)C)NC(C(=C)C)C1Cc2ccccc2C1. The van der Waals surface area contributed by atoms with Gasteiger partial charge in [-0.2, -0.15) is 0 Å². The molecule has 1 aromatic rings. The molecular formula is C20H29N. The van der Waals surface area contributed by atoms with Crippen LogP contribution in [-0.4, -0.2) is 6.04 Å². The van der Waals surface area contributed by atoms with Gasteiger partial charge in [0.2, 0.25) is 0 Å². The number of rotatable bonds is 5. The van der Waals surface area contributed by atoms with E-state index in [9.17, 15) is 0 Å². The Hall–Kier alpha value is -1.50. The van der Waals surface area contributed by atoms with Gasteiger partial charge in [0, 0.05) is 11.7 Å². The van der Waals surface area contributed by atoms with Crippen molar-refractivity contribution in [3.05, 3.63) is 59.8 Å². The van der Waals surface area contributed by atoms with Gasteiger partial charge in [0.15, 0.2) is 0 Å². The van der Waals surface area contributed by atoms with E-state index in [1.807, 2.05) is 0 Å². The van der Waals surface area contributed by atoms with Crippen LogP contribution in [0.3, 0.4) is 0 Å². The maximum Gasteiger partial charge on any atom is 0.0499 e. The molecule has 0 fully saturated rings. The minimum atomic E-state index is 0.266. The molecule has 0 spiro atoms. The Kier molecular flexibility index (Phi) is 4.61. The molecular weight excluding hydrogens is 254 g/mol. The second kappa shape index (κ2) is 6.09. The Morgan fingerprint density at radius 3 is 2.14 bits per heavy atom. The van der Waals surface area contributed by atoms with E-state index in [1.54, 1.807) is 0 Å². The topological polar surface area (TPSA) is 12.0 Å². The molecule has 0 amide bonds. The van der Waals surface area contributed by atoms with Crippen molar-refractivity contribution in [1.82, 2.24) is 5.32 Å². The second-order valence-electron chi connectivity index (χ2n) is 7.75. The van der Waals surface area contributed by atoms with Crippen LogP contribution in [0.4, 0.5) is 0 Å². The van der Waals surface area contributed by atoms with Crippen LogP contribution in [0.15, 0.2) is 48.7 Å². The van der Waals surface area contributed by atoms with Crippen LogP contribution in [-0.2, 0) is 12.8 Å². The molecule has 1 aliphatic carbocycles. The summed E-state index contributed by atoms with van der Waals surface area (Å²) in [4.78, 5) is 0. The maximum absolute atomic E-state index is 4.23. The van der Waals surface area contributed by atoms with E-state index in [0.717, 1.165) is 25.0 Å². The molecule has 1 nitrogen and oxygen atoms in total. The minimum absolute atomic E-state index is 0.266. The van der Waals surface area contributed by atoms with Gasteiger partial charge < -0.3 is 5.32 Å². The van der Waals surface area contributed by atoms with Crippen LogP contribution in [0.2, 0.25) is 0 Å². The zero-order valence-corrected chi connectivity index (χ0v) is 14.0. The largest absolute Gasteiger partial charge is 0.382 e.